The number of rotatable bonds is 7. The van der Waals surface area contributed by atoms with Crippen LogP contribution >= 0.6 is 0 Å². The van der Waals surface area contributed by atoms with E-state index in [2.05, 4.69) is 5.32 Å². The van der Waals surface area contributed by atoms with Gasteiger partial charge in [-0.3, -0.25) is 4.79 Å². The van der Waals surface area contributed by atoms with Gasteiger partial charge in [-0.05, 0) is 23.1 Å². The van der Waals surface area contributed by atoms with Gasteiger partial charge in [0.25, 0.3) is 0 Å². The highest BCUT2D eigenvalue weighted by atomic mass is 16.5. The lowest BCUT2D eigenvalue weighted by Crippen LogP contribution is -2.38. The summed E-state index contributed by atoms with van der Waals surface area (Å²) in [7, 11) is 0. The smallest absolute Gasteiger partial charge is 0.317 e. The summed E-state index contributed by atoms with van der Waals surface area (Å²) in [4.78, 5) is 24.9. The van der Waals surface area contributed by atoms with Crippen LogP contribution < -0.4 is 5.32 Å². The van der Waals surface area contributed by atoms with E-state index in [4.69, 9.17) is 9.84 Å². The maximum Gasteiger partial charge on any atom is 0.317 e. The highest BCUT2D eigenvalue weighted by molar-refractivity contribution is 5.77. The van der Waals surface area contributed by atoms with E-state index < -0.39 is 11.9 Å². The molecule has 0 bridgehead atoms. The van der Waals surface area contributed by atoms with Crippen molar-refractivity contribution in [3.8, 4) is 0 Å². The number of hydrogen-bond acceptors (Lipinski definition) is 3. The standard InChI is InChI=1S/C21H24N2O4/c24-20(25)18-10-11-23(13-18)21(26)22-12-17-8-4-5-9-19(17)15-27-14-16-6-2-1-3-7-16/h1-9,18H,10-15H2,(H,22,26)(H,24,25). The number of benzene rings is 2. The Morgan fingerprint density at radius 1 is 1.04 bits per heavy atom. The number of nitrogens with zero attached hydrogens (tertiary/aromatic N) is 1. The summed E-state index contributed by atoms with van der Waals surface area (Å²) in [5, 5.41) is 11.9. The SMILES string of the molecule is O=C(O)C1CCN(C(=O)NCc2ccccc2COCc2ccccc2)C1. The molecule has 0 aliphatic carbocycles. The van der Waals surface area contributed by atoms with Crippen LogP contribution in [-0.4, -0.2) is 35.1 Å². The van der Waals surface area contributed by atoms with Gasteiger partial charge in [0.1, 0.15) is 0 Å². The van der Waals surface area contributed by atoms with E-state index in [-0.39, 0.29) is 12.6 Å². The number of nitrogens with one attached hydrogen (secondary N) is 1. The quantitative estimate of drug-likeness (QED) is 0.787. The summed E-state index contributed by atoms with van der Waals surface area (Å²) in [5.74, 6) is -1.30. The van der Waals surface area contributed by atoms with Crippen molar-refractivity contribution < 1.29 is 19.4 Å². The third-order valence-electron chi connectivity index (χ3n) is 4.74. The molecule has 142 valence electrons. The van der Waals surface area contributed by atoms with Crippen molar-refractivity contribution in [1.29, 1.82) is 0 Å². The van der Waals surface area contributed by atoms with Gasteiger partial charge in [-0.25, -0.2) is 4.79 Å². The van der Waals surface area contributed by atoms with Gasteiger partial charge in [-0.2, -0.15) is 0 Å². The first kappa shape index (κ1) is 18.9. The highest BCUT2D eigenvalue weighted by Gasteiger charge is 2.30. The molecule has 1 aliphatic heterocycles. The first-order valence-electron chi connectivity index (χ1n) is 9.07. The van der Waals surface area contributed by atoms with E-state index in [1.807, 2.05) is 54.6 Å². The number of carboxylic acid groups (broad SMARTS) is 1. The predicted molar refractivity (Wildman–Crippen MR) is 101 cm³/mol. The minimum absolute atomic E-state index is 0.223. The van der Waals surface area contributed by atoms with Crippen molar-refractivity contribution in [1.82, 2.24) is 10.2 Å². The lowest BCUT2D eigenvalue weighted by atomic mass is 10.1. The lowest BCUT2D eigenvalue weighted by molar-refractivity contribution is -0.141. The van der Waals surface area contributed by atoms with Crippen LogP contribution in [0.5, 0.6) is 0 Å². The molecule has 2 amide bonds. The molecule has 6 nitrogen and oxygen atoms in total. The topological polar surface area (TPSA) is 78.9 Å². The van der Waals surface area contributed by atoms with Gasteiger partial charge in [0.15, 0.2) is 0 Å². The monoisotopic (exact) mass is 368 g/mol. The van der Waals surface area contributed by atoms with Crippen LogP contribution in [-0.2, 0) is 29.3 Å². The molecule has 1 aliphatic rings. The highest BCUT2D eigenvalue weighted by Crippen LogP contribution is 2.17. The molecule has 0 saturated carbocycles. The molecule has 27 heavy (non-hydrogen) atoms. The number of aliphatic carboxylic acids is 1. The molecule has 2 aromatic rings. The van der Waals surface area contributed by atoms with Crippen LogP contribution in [0.4, 0.5) is 4.79 Å². The van der Waals surface area contributed by atoms with E-state index in [0.29, 0.717) is 32.7 Å². The Kier molecular flexibility index (Phi) is 6.44. The second kappa shape index (κ2) is 9.19. The summed E-state index contributed by atoms with van der Waals surface area (Å²) in [5.41, 5.74) is 3.14. The molecule has 1 unspecified atom stereocenters. The van der Waals surface area contributed by atoms with Gasteiger partial charge in [0.2, 0.25) is 0 Å². The molecule has 1 heterocycles. The number of carboxylic acids is 1. The maximum absolute atomic E-state index is 12.3. The normalized spacial score (nSPS) is 16.3. The number of carbonyl (C=O) groups is 2. The lowest BCUT2D eigenvalue weighted by Gasteiger charge is -2.18. The van der Waals surface area contributed by atoms with Gasteiger partial charge >= 0.3 is 12.0 Å². The van der Waals surface area contributed by atoms with Crippen LogP contribution in [0.2, 0.25) is 0 Å². The number of likely N-dealkylation sites (tertiary alicyclic amines) is 1. The van der Waals surface area contributed by atoms with Crippen LogP contribution in [0, 0.1) is 5.92 Å². The van der Waals surface area contributed by atoms with Crippen LogP contribution in [0.25, 0.3) is 0 Å². The van der Waals surface area contributed by atoms with Gasteiger partial charge in [0.05, 0.1) is 19.1 Å². The number of hydrogen-bond donors (Lipinski definition) is 2. The average Bonchev–Trinajstić information content (AvgIpc) is 3.18. The number of carbonyl (C=O) groups excluding carboxylic acids is 1. The zero-order valence-corrected chi connectivity index (χ0v) is 15.1. The predicted octanol–water partition coefficient (Wildman–Crippen LogP) is 3.02. The van der Waals surface area contributed by atoms with Crippen molar-refractivity contribution in [2.75, 3.05) is 13.1 Å². The fraction of sp³-hybridized carbons (Fsp3) is 0.333. The number of ether oxygens (including phenoxy) is 1. The zero-order chi connectivity index (χ0) is 19.1. The Morgan fingerprint density at radius 3 is 2.44 bits per heavy atom. The fourth-order valence-corrected chi connectivity index (χ4v) is 3.15. The van der Waals surface area contributed by atoms with E-state index in [9.17, 15) is 9.59 Å². The fourth-order valence-electron chi connectivity index (χ4n) is 3.15. The van der Waals surface area contributed by atoms with E-state index in [1.54, 1.807) is 4.90 Å². The molecule has 0 radical (unpaired) electrons. The van der Waals surface area contributed by atoms with Crippen LogP contribution in [0.1, 0.15) is 23.1 Å². The number of urea groups is 1. The number of amides is 2. The summed E-state index contributed by atoms with van der Waals surface area (Å²) >= 11 is 0. The van der Waals surface area contributed by atoms with Crippen molar-refractivity contribution >= 4 is 12.0 Å². The Balaban J connectivity index is 1.50. The summed E-state index contributed by atoms with van der Waals surface area (Å²) in [6, 6.07) is 17.6. The molecule has 1 atom stereocenters. The molecule has 6 heteroatoms. The largest absolute Gasteiger partial charge is 0.481 e. The van der Waals surface area contributed by atoms with Gasteiger partial charge in [-0.15, -0.1) is 0 Å². The molecule has 2 aromatic carbocycles. The van der Waals surface area contributed by atoms with Crippen molar-refractivity contribution in [3.63, 3.8) is 0 Å². The van der Waals surface area contributed by atoms with Crippen LogP contribution in [0.15, 0.2) is 54.6 Å². The summed E-state index contributed by atoms with van der Waals surface area (Å²) in [6.07, 6.45) is 0.507. The Morgan fingerprint density at radius 2 is 1.74 bits per heavy atom. The minimum atomic E-state index is -0.841. The molecular formula is C21H24N2O4. The Hall–Kier alpha value is -2.86. The molecule has 0 spiro atoms. The summed E-state index contributed by atoms with van der Waals surface area (Å²) < 4.78 is 5.81. The molecule has 1 fully saturated rings. The second-order valence-corrected chi connectivity index (χ2v) is 6.68. The first-order valence-corrected chi connectivity index (χ1v) is 9.07. The van der Waals surface area contributed by atoms with Crippen molar-refractivity contribution in [3.05, 3.63) is 71.3 Å². The van der Waals surface area contributed by atoms with E-state index in [0.717, 1.165) is 16.7 Å². The molecule has 0 aromatic heterocycles. The van der Waals surface area contributed by atoms with E-state index >= 15 is 0 Å². The van der Waals surface area contributed by atoms with E-state index in [1.165, 1.54) is 0 Å². The van der Waals surface area contributed by atoms with Crippen LogP contribution in [0.3, 0.4) is 0 Å². The molecule has 2 N–H and O–H groups in total. The first-order chi connectivity index (χ1) is 13.1. The summed E-state index contributed by atoms with van der Waals surface area (Å²) in [6.45, 7) is 2.13. The third-order valence-corrected chi connectivity index (χ3v) is 4.74. The minimum Gasteiger partial charge on any atom is -0.481 e. The molecule has 1 saturated heterocycles. The molecular weight excluding hydrogens is 344 g/mol. The zero-order valence-electron chi connectivity index (χ0n) is 15.1. The average molecular weight is 368 g/mol. The van der Waals surface area contributed by atoms with Gasteiger partial charge in [-0.1, -0.05) is 54.6 Å². The Labute approximate surface area is 158 Å². The second-order valence-electron chi connectivity index (χ2n) is 6.68. The van der Waals surface area contributed by atoms with Gasteiger partial charge < -0.3 is 20.1 Å². The van der Waals surface area contributed by atoms with Crippen molar-refractivity contribution in [2.45, 2.75) is 26.2 Å². The maximum atomic E-state index is 12.3. The third kappa shape index (κ3) is 5.31. The van der Waals surface area contributed by atoms with Gasteiger partial charge in [0, 0.05) is 19.6 Å². The Bertz CT molecular complexity index is 779. The molecule has 3 rings (SSSR count). The van der Waals surface area contributed by atoms with Crippen molar-refractivity contribution in [2.24, 2.45) is 5.92 Å².